The highest BCUT2D eigenvalue weighted by Gasteiger charge is 2.46. The van der Waals surface area contributed by atoms with Gasteiger partial charge in [-0.15, -0.1) is 0 Å². The molecule has 0 saturated carbocycles. The van der Waals surface area contributed by atoms with Crippen molar-refractivity contribution in [2.24, 2.45) is 0 Å². The molecule has 2 aliphatic rings. The molecule has 3 rings (SSSR count). The number of benzene rings is 1. The van der Waals surface area contributed by atoms with Crippen LogP contribution in [0.5, 0.6) is 0 Å². The second-order valence-electron chi connectivity index (χ2n) is 10.1. The maximum absolute atomic E-state index is 13.2. The number of hydrogen-bond acceptors (Lipinski definition) is 6. The molecule has 38 heavy (non-hydrogen) atoms. The van der Waals surface area contributed by atoms with Gasteiger partial charge in [0.1, 0.15) is 6.04 Å². The summed E-state index contributed by atoms with van der Waals surface area (Å²) in [7, 11) is -1.44. The third-order valence-corrected chi connectivity index (χ3v) is 8.64. The Bertz CT molecular complexity index is 1070. The fourth-order valence-electron chi connectivity index (χ4n) is 5.06. The zero-order chi connectivity index (χ0) is 27.5. The van der Waals surface area contributed by atoms with Crippen molar-refractivity contribution in [2.75, 3.05) is 5.75 Å². The molecular formula is C28H38N2O7S. The zero-order valence-corrected chi connectivity index (χ0v) is 22.7. The largest absolute Gasteiger partial charge is 0.481 e. The Morgan fingerprint density at radius 3 is 2.03 bits per heavy atom. The van der Waals surface area contributed by atoms with E-state index in [-0.39, 0.29) is 30.4 Å². The van der Waals surface area contributed by atoms with E-state index in [1.807, 2.05) is 0 Å². The summed E-state index contributed by atoms with van der Waals surface area (Å²) in [4.78, 5) is 61.5. The van der Waals surface area contributed by atoms with Gasteiger partial charge in [-0.2, -0.15) is 0 Å². The van der Waals surface area contributed by atoms with Gasteiger partial charge in [0.2, 0.25) is 11.8 Å². The lowest BCUT2D eigenvalue weighted by Gasteiger charge is -2.27. The highest BCUT2D eigenvalue weighted by atomic mass is 32.2. The van der Waals surface area contributed by atoms with Crippen molar-refractivity contribution in [2.45, 2.75) is 107 Å². The summed E-state index contributed by atoms with van der Waals surface area (Å²) in [6, 6.07) is 3.70. The number of piperidine rings is 1. The van der Waals surface area contributed by atoms with Crippen molar-refractivity contribution in [3.63, 3.8) is 0 Å². The summed E-state index contributed by atoms with van der Waals surface area (Å²) in [6.45, 7) is 0. The van der Waals surface area contributed by atoms with Crippen LogP contribution in [0.4, 0.5) is 0 Å². The summed E-state index contributed by atoms with van der Waals surface area (Å²) in [6.07, 6.45) is 13.1. The normalized spacial score (nSPS) is 18.0. The molecule has 208 valence electrons. The molecule has 9 nitrogen and oxygen atoms in total. The first kappa shape index (κ1) is 29.7. The standard InChI is InChI=1S/C28H38N2O7S/c31-23-18-17-21(26(34)29-23)30-27(35)20-14-13-15-22(25(20)28(30)36)38(37)19-12-10-8-6-4-2-1-3-5-7-9-11-16-24(32)33/h13-15,21H,1-12,16-19H2,(H,32,33)(H,29,31,34). The first-order chi connectivity index (χ1) is 18.3. The van der Waals surface area contributed by atoms with Crippen LogP contribution in [0.2, 0.25) is 0 Å². The molecule has 1 aromatic rings. The van der Waals surface area contributed by atoms with E-state index < -0.39 is 46.4 Å². The van der Waals surface area contributed by atoms with E-state index in [9.17, 15) is 28.2 Å². The summed E-state index contributed by atoms with van der Waals surface area (Å²) in [5.74, 6) is -2.61. The number of amides is 4. The molecule has 10 heteroatoms. The van der Waals surface area contributed by atoms with Crippen molar-refractivity contribution in [1.29, 1.82) is 0 Å². The maximum atomic E-state index is 13.2. The van der Waals surface area contributed by atoms with Gasteiger partial charge in [-0.3, -0.25) is 38.4 Å². The predicted molar refractivity (Wildman–Crippen MR) is 142 cm³/mol. The molecule has 2 N–H and O–H groups in total. The molecule has 4 amide bonds. The number of nitrogens with one attached hydrogen (secondary N) is 1. The monoisotopic (exact) mass is 546 g/mol. The highest BCUT2D eigenvalue weighted by molar-refractivity contribution is 7.85. The Morgan fingerprint density at radius 1 is 0.868 bits per heavy atom. The van der Waals surface area contributed by atoms with Crippen LogP contribution in [-0.2, 0) is 25.2 Å². The van der Waals surface area contributed by atoms with Crippen molar-refractivity contribution >= 4 is 40.4 Å². The van der Waals surface area contributed by atoms with Gasteiger partial charge < -0.3 is 5.11 Å². The topological polar surface area (TPSA) is 138 Å². The van der Waals surface area contributed by atoms with Gasteiger partial charge >= 0.3 is 5.97 Å². The number of hydrogen-bond donors (Lipinski definition) is 2. The Balaban J connectivity index is 1.35. The van der Waals surface area contributed by atoms with Crippen LogP contribution in [0.3, 0.4) is 0 Å². The smallest absolute Gasteiger partial charge is 0.303 e. The van der Waals surface area contributed by atoms with E-state index in [0.29, 0.717) is 10.6 Å². The minimum Gasteiger partial charge on any atom is -0.481 e. The average molecular weight is 547 g/mol. The zero-order valence-electron chi connectivity index (χ0n) is 21.9. The maximum Gasteiger partial charge on any atom is 0.303 e. The third-order valence-electron chi connectivity index (χ3n) is 7.15. The Hall–Kier alpha value is -2.88. The summed E-state index contributed by atoms with van der Waals surface area (Å²) in [5.41, 5.74) is 0.272. The van der Waals surface area contributed by atoms with Crippen molar-refractivity contribution in [1.82, 2.24) is 10.2 Å². The fourth-order valence-corrected chi connectivity index (χ4v) is 6.40. The van der Waals surface area contributed by atoms with Crippen molar-refractivity contribution < 1.29 is 33.3 Å². The van der Waals surface area contributed by atoms with Crippen LogP contribution in [0.25, 0.3) is 0 Å². The lowest BCUT2D eigenvalue weighted by Crippen LogP contribution is -2.54. The number of rotatable bonds is 17. The van der Waals surface area contributed by atoms with E-state index in [0.717, 1.165) is 56.3 Å². The van der Waals surface area contributed by atoms with Crippen molar-refractivity contribution in [3.05, 3.63) is 29.3 Å². The number of unbranched alkanes of at least 4 members (excludes halogenated alkanes) is 11. The van der Waals surface area contributed by atoms with Gasteiger partial charge in [0.15, 0.2) is 0 Å². The molecule has 2 atom stereocenters. The average Bonchev–Trinajstić information content (AvgIpc) is 3.14. The second kappa shape index (κ2) is 14.9. The number of carbonyl (C=O) groups is 5. The van der Waals surface area contributed by atoms with Gasteiger partial charge in [-0.1, -0.05) is 70.3 Å². The molecule has 0 spiro atoms. The molecule has 1 saturated heterocycles. The molecule has 2 unspecified atom stereocenters. The highest BCUT2D eigenvalue weighted by Crippen LogP contribution is 2.31. The number of carboxylic acids is 1. The van der Waals surface area contributed by atoms with E-state index in [1.165, 1.54) is 31.7 Å². The molecule has 0 aromatic heterocycles. The number of nitrogens with zero attached hydrogens (tertiary/aromatic N) is 1. The number of imide groups is 2. The van der Waals surface area contributed by atoms with Crippen LogP contribution >= 0.6 is 0 Å². The molecule has 2 heterocycles. The number of fused-ring (bicyclic) bond motifs is 1. The lowest BCUT2D eigenvalue weighted by atomic mass is 10.0. The number of carbonyl (C=O) groups excluding carboxylic acids is 4. The molecular weight excluding hydrogens is 508 g/mol. The molecule has 0 aliphatic carbocycles. The van der Waals surface area contributed by atoms with Gasteiger partial charge in [-0.25, -0.2) is 0 Å². The van der Waals surface area contributed by atoms with E-state index >= 15 is 0 Å². The molecule has 0 radical (unpaired) electrons. The Labute approximate surface area is 226 Å². The molecule has 1 aromatic carbocycles. The van der Waals surface area contributed by atoms with E-state index in [1.54, 1.807) is 12.1 Å². The van der Waals surface area contributed by atoms with Crippen LogP contribution < -0.4 is 5.32 Å². The quantitative estimate of drug-likeness (QED) is 0.219. The van der Waals surface area contributed by atoms with E-state index in [2.05, 4.69) is 5.32 Å². The Kier molecular flexibility index (Phi) is 11.6. The van der Waals surface area contributed by atoms with Crippen molar-refractivity contribution in [3.8, 4) is 0 Å². The number of aliphatic carboxylic acids is 1. The molecule has 2 aliphatic heterocycles. The predicted octanol–water partition coefficient (Wildman–Crippen LogP) is 4.35. The van der Waals surface area contributed by atoms with Gasteiger partial charge in [0.25, 0.3) is 11.8 Å². The van der Waals surface area contributed by atoms with Crippen LogP contribution in [0, 0.1) is 0 Å². The van der Waals surface area contributed by atoms with Crippen LogP contribution in [-0.4, -0.2) is 55.6 Å². The fraction of sp³-hybridized carbons (Fsp3) is 0.607. The van der Waals surface area contributed by atoms with Gasteiger partial charge in [-0.05, 0) is 31.4 Å². The first-order valence-corrected chi connectivity index (χ1v) is 15.1. The minimum absolute atomic E-state index is 0.0543. The van der Waals surface area contributed by atoms with E-state index in [4.69, 9.17) is 5.11 Å². The first-order valence-electron chi connectivity index (χ1n) is 13.8. The number of carboxylic acid groups (broad SMARTS) is 1. The van der Waals surface area contributed by atoms with Crippen LogP contribution in [0.15, 0.2) is 23.1 Å². The Morgan fingerprint density at radius 2 is 1.45 bits per heavy atom. The summed E-state index contributed by atoms with van der Waals surface area (Å²) >= 11 is 0. The SMILES string of the molecule is O=C(O)CCCCCCCCCCCCCCS(=O)c1cccc2c1C(=O)N(C1CCC(=O)NC1=O)C2=O. The van der Waals surface area contributed by atoms with Gasteiger partial charge in [0, 0.05) is 18.6 Å². The second-order valence-corrected chi connectivity index (χ2v) is 11.6. The summed E-state index contributed by atoms with van der Waals surface area (Å²) < 4.78 is 13.1. The minimum atomic E-state index is -1.44. The van der Waals surface area contributed by atoms with Gasteiger partial charge in [0.05, 0.1) is 26.8 Å². The third kappa shape index (κ3) is 8.06. The molecule has 0 bridgehead atoms. The lowest BCUT2D eigenvalue weighted by molar-refractivity contribution is -0.138. The summed E-state index contributed by atoms with van der Waals surface area (Å²) in [5, 5.41) is 10.8. The van der Waals surface area contributed by atoms with Crippen LogP contribution in [0.1, 0.15) is 117 Å². The molecule has 1 fully saturated rings.